The molecule has 2 aromatic rings. The maximum absolute atomic E-state index is 6.83. The van der Waals surface area contributed by atoms with Gasteiger partial charge in [-0.05, 0) is 47.6 Å². The van der Waals surface area contributed by atoms with E-state index in [-0.39, 0.29) is 5.54 Å². The first-order chi connectivity index (χ1) is 10.2. The van der Waals surface area contributed by atoms with Gasteiger partial charge in [-0.1, -0.05) is 69.0 Å². The number of rotatable bonds is 3. The first kappa shape index (κ1) is 14.6. The summed E-state index contributed by atoms with van der Waals surface area (Å²) in [5.41, 5.74) is 8.04. The third kappa shape index (κ3) is 3.13. The molecule has 2 aromatic carbocycles. The zero-order chi connectivity index (χ0) is 14.7. The molecule has 0 saturated heterocycles. The fourth-order valence-corrected chi connectivity index (χ4v) is 3.92. The summed E-state index contributed by atoms with van der Waals surface area (Å²) in [4.78, 5) is 0. The van der Waals surface area contributed by atoms with Crippen LogP contribution < -0.4 is 5.73 Å². The predicted molar refractivity (Wildman–Crippen MR) is 91.3 cm³/mol. The van der Waals surface area contributed by atoms with Gasteiger partial charge in [0, 0.05) is 5.54 Å². The quantitative estimate of drug-likeness (QED) is 0.752. The van der Waals surface area contributed by atoms with Gasteiger partial charge in [-0.3, -0.25) is 0 Å². The average Bonchev–Trinajstić information content (AvgIpc) is 2.70. The number of hydrogen-bond donors (Lipinski definition) is 1. The van der Waals surface area contributed by atoms with Crippen molar-refractivity contribution < 1.29 is 0 Å². The normalized spacial score (nSPS) is 26.7. The van der Waals surface area contributed by atoms with Crippen molar-refractivity contribution >= 4 is 10.8 Å². The van der Waals surface area contributed by atoms with Gasteiger partial charge in [0.2, 0.25) is 0 Å². The van der Waals surface area contributed by atoms with Crippen LogP contribution in [0.25, 0.3) is 10.8 Å². The van der Waals surface area contributed by atoms with Crippen LogP contribution in [-0.2, 0) is 5.54 Å². The minimum absolute atomic E-state index is 0.119. The zero-order valence-electron chi connectivity index (χ0n) is 13.1. The van der Waals surface area contributed by atoms with Crippen LogP contribution >= 0.6 is 0 Å². The summed E-state index contributed by atoms with van der Waals surface area (Å²) in [6.45, 7) is 2.30. The van der Waals surface area contributed by atoms with Gasteiger partial charge in [-0.15, -0.1) is 0 Å². The molecule has 3 rings (SSSR count). The molecule has 0 bridgehead atoms. The van der Waals surface area contributed by atoms with Gasteiger partial charge in [0.15, 0.2) is 0 Å². The Hall–Kier alpha value is -1.34. The van der Waals surface area contributed by atoms with E-state index in [1.165, 1.54) is 48.4 Å². The molecule has 0 radical (unpaired) electrons. The van der Waals surface area contributed by atoms with Crippen molar-refractivity contribution in [2.45, 2.75) is 57.4 Å². The molecule has 2 unspecified atom stereocenters. The molecule has 1 nitrogen and oxygen atoms in total. The van der Waals surface area contributed by atoms with Crippen molar-refractivity contribution in [3.05, 3.63) is 48.0 Å². The molecule has 0 aromatic heterocycles. The number of hydrogen-bond acceptors (Lipinski definition) is 1. The van der Waals surface area contributed by atoms with E-state index in [1.807, 2.05) is 0 Å². The Morgan fingerprint density at radius 2 is 1.86 bits per heavy atom. The second-order valence-corrected chi connectivity index (χ2v) is 6.80. The van der Waals surface area contributed by atoms with E-state index < -0.39 is 0 Å². The van der Waals surface area contributed by atoms with Crippen LogP contribution in [0.3, 0.4) is 0 Å². The zero-order valence-corrected chi connectivity index (χ0v) is 13.1. The van der Waals surface area contributed by atoms with E-state index in [4.69, 9.17) is 5.73 Å². The van der Waals surface area contributed by atoms with E-state index in [1.54, 1.807) is 0 Å². The first-order valence-electron chi connectivity index (χ1n) is 8.49. The fraction of sp³-hybridized carbons (Fsp3) is 0.500. The second-order valence-electron chi connectivity index (χ2n) is 6.80. The van der Waals surface area contributed by atoms with Crippen molar-refractivity contribution in [2.75, 3.05) is 0 Å². The van der Waals surface area contributed by atoms with Crippen molar-refractivity contribution in [3.8, 4) is 0 Å². The van der Waals surface area contributed by atoms with Gasteiger partial charge in [-0.25, -0.2) is 0 Å². The minimum atomic E-state index is -0.119. The Kier molecular flexibility index (Phi) is 4.30. The molecule has 1 heteroatoms. The Morgan fingerprint density at radius 3 is 2.67 bits per heavy atom. The van der Waals surface area contributed by atoms with E-state index in [0.717, 1.165) is 18.8 Å². The molecule has 0 heterocycles. The third-order valence-corrected chi connectivity index (χ3v) is 5.26. The predicted octanol–water partition coefficient (Wildman–Crippen LogP) is 5.37. The summed E-state index contributed by atoms with van der Waals surface area (Å²) in [5.74, 6) is 0.890. The Bertz CT molecular complexity index is 604. The summed E-state index contributed by atoms with van der Waals surface area (Å²) in [6.07, 6.45) is 8.86. The molecule has 0 aliphatic heterocycles. The molecular weight excluding hydrogens is 254 g/mol. The smallest absolute Gasteiger partial charge is 0.0409 e. The van der Waals surface area contributed by atoms with Crippen molar-refractivity contribution in [1.82, 2.24) is 0 Å². The Balaban J connectivity index is 1.85. The van der Waals surface area contributed by atoms with Crippen LogP contribution in [0.2, 0.25) is 0 Å². The second kappa shape index (κ2) is 6.19. The van der Waals surface area contributed by atoms with Gasteiger partial charge in [0.05, 0.1) is 0 Å². The number of fused-ring (bicyclic) bond motifs is 1. The average molecular weight is 281 g/mol. The van der Waals surface area contributed by atoms with Crippen molar-refractivity contribution in [1.29, 1.82) is 0 Å². The maximum atomic E-state index is 6.83. The van der Waals surface area contributed by atoms with Crippen molar-refractivity contribution in [2.24, 2.45) is 11.7 Å². The van der Waals surface area contributed by atoms with Crippen LogP contribution in [-0.4, -0.2) is 0 Å². The molecular formula is C20H27N. The summed E-state index contributed by atoms with van der Waals surface area (Å²) in [5, 5.41) is 2.62. The van der Waals surface area contributed by atoms with Gasteiger partial charge in [0.1, 0.15) is 0 Å². The summed E-state index contributed by atoms with van der Waals surface area (Å²) in [6, 6.07) is 15.4. The lowest BCUT2D eigenvalue weighted by Gasteiger charge is -2.29. The molecule has 1 aliphatic carbocycles. The highest BCUT2D eigenvalue weighted by atomic mass is 14.7. The molecule has 0 spiro atoms. The number of benzene rings is 2. The SMILES string of the molecule is CCCC1CCCC(N)(c2ccc3ccccc3c2)CC1. The molecule has 1 aliphatic rings. The topological polar surface area (TPSA) is 26.0 Å². The third-order valence-electron chi connectivity index (χ3n) is 5.26. The molecule has 1 fully saturated rings. The van der Waals surface area contributed by atoms with E-state index >= 15 is 0 Å². The summed E-state index contributed by atoms with van der Waals surface area (Å²) in [7, 11) is 0. The highest BCUT2D eigenvalue weighted by Crippen LogP contribution is 2.38. The molecule has 0 amide bonds. The lowest BCUT2D eigenvalue weighted by molar-refractivity contribution is 0.367. The molecule has 112 valence electrons. The highest BCUT2D eigenvalue weighted by molar-refractivity contribution is 5.83. The van der Waals surface area contributed by atoms with Crippen LogP contribution in [0.15, 0.2) is 42.5 Å². The minimum Gasteiger partial charge on any atom is -0.321 e. The standard InChI is InChI=1S/C20H27N/c1-2-6-16-7-5-13-20(21,14-12-16)19-11-10-17-8-3-4-9-18(17)15-19/h3-4,8-11,15-16H,2,5-7,12-14,21H2,1H3. The highest BCUT2D eigenvalue weighted by Gasteiger charge is 2.30. The monoisotopic (exact) mass is 281 g/mol. The summed E-state index contributed by atoms with van der Waals surface area (Å²) < 4.78 is 0. The van der Waals surface area contributed by atoms with Crippen LogP contribution in [0.1, 0.15) is 57.4 Å². The Morgan fingerprint density at radius 1 is 1.05 bits per heavy atom. The van der Waals surface area contributed by atoms with Gasteiger partial charge in [0.25, 0.3) is 0 Å². The van der Waals surface area contributed by atoms with Crippen molar-refractivity contribution in [3.63, 3.8) is 0 Å². The van der Waals surface area contributed by atoms with E-state index in [0.29, 0.717) is 0 Å². The lowest BCUT2D eigenvalue weighted by atomic mass is 9.82. The van der Waals surface area contributed by atoms with Gasteiger partial charge < -0.3 is 5.73 Å². The lowest BCUT2D eigenvalue weighted by Crippen LogP contribution is -2.36. The van der Waals surface area contributed by atoms with Crippen LogP contribution in [0.4, 0.5) is 0 Å². The van der Waals surface area contributed by atoms with E-state index in [9.17, 15) is 0 Å². The summed E-state index contributed by atoms with van der Waals surface area (Å²) >= 11 is 0. The largest absolute Gasteiger partial charge is 0.321 e. The maximum Gasteiger partial charge on any atom is 0.0409 e. The first-order valence-corrected chi connectivity index (χ1v) is 8.49. The molecule has 2 atom stereocenters. The molecule has 1 saturated carbocycles. The fourth-order valence-electron chi connectivity index (χ4n) is 3.92. The van der Waals surface area contributed by atoms with Gasteiger partial charge in [-0.2, -0.15) is 0 Å². The molecule has 2 N–H and O–H groups in total. The van der Waals surface area contributed by atoms with Crippen LogP contribution in [0.5, 0.6) is 0 Å². The molecule has 21 heavy (non-hydrogen) atoms. The van der Waals surface area contributed by atoms with E-state index in [2.05, 4.69) is 49.4 Å². The van der Waals surface area contributed by atoms with Gasteiger partial charge >= 0.3 is 0 Å². The van der Waals surface area contributed by atoms with Crippen LogP contribution in [0, 0.1) is 5.92 Å². The Labute approximate surface area is 128 Å². The number of nitrogens with two attached hydrogens (primary N) is 1.